The van der Waals surface area contributed by atoms with E-state index in [1.54, 1.807) is 24.3 Å². The molecule has 6 heteroatoms. The number of nitrogen functional groups attached to an aromatic ring is 1. The van der Waals surface area contributed by atoms with Crippen LogP contribution in [0.3, 0.4) is 0 Å². The molecule has 108 valence electrons. The van der Waals surface area contributed by atoms with Crippen molar-refractivity contribution in [2.75, 3.05) is 5.73 Å². The number of aliphatic imine (C=N–C) groups is 1. The van der Waals surface area contributed by atoms with Crippen LogP contribution in [0.2, 0.25) is 0 Å². The second kappa shape index (κ2) is 4.89. The van der Waals surface area contributed by atoms with Gasteiger partial charge < -0.3 is 5.73 Å². The summed E-state index contributed by atoms with van der Waals surface area (Å²) in [5, 5.41) is 0. The number of nitrogens with two attached hydrogens (primary N) is 1. The number of nitrogens with one attached hydrogen (secondary N) is 1. The quantitative estimate of drug-likeness (QED) is 0.830. The van der Waals surface area contributed by atoms with Crippen molar-refractivity contribution in [3.8, 4) is 0 Å². The van der Waals surface area contributed by atoms with Crippen LogP contribution in [0, 0.1) is 6.92 Å². The molecule has 21 heavy (non-hydrogen) atoms. The molecule has 0 saturated carbocycles. The van der Waals surface area contributed by atoms with Crippen molar-refractivity contribution in [1.29, 1.82) is 0 Å². The third-order valence-electron chi connectivity index (χ3n) is 3.56. The minimum Gasteiger partial charge on any atom is -0.399 e. The van der Waals surface area contributed by atoms with Gasteiger partial charge in [-0.2, -0.15) is 0 Å². The number of hydrogen-bond donors (Lipinski definition) is 2. The summed E-state index contributed by atoms with van der Waals surface area (Å²) in [6, 6.07) is 12.4. The second-order valence-corrected chi connectivity index (χ2v) is 6.55. The highest BCUT2D eigenvalue weighted by atomic mass is 32.2. The van der Waals surface area contributed by atoms with E-state index in [9.17, 15) is 8.42 Å². The predicted octanol–water partition coefficient (Wildman–Crippen LogP) is 1.82. The summed E-state index contributed by atoms with van der Waals surface area (Å²) < 4.78 is 26.5. The first kappa shape index (κ1) is 13.6. The zero-order valence-corrected chi connectivity index (χ0v) is 12.3. The van der Waals surface area contributed by atoms with Crippen LogP contribution < -0.4 is 10.5 Å². The summed E-state index contributed by atoms with van der Waals surface area (Å²) in [5.41, 5.74) is 9.13. The van der Waals surface area contributed by atoms with Crippen molar-refractivity contribution >= 4 is 21.5 Å². The summed E-state index contributed by atoms with van der Waals surface area (Å²) in [6.45, 7) is 2.31. The number of hydrogen-bond acceptors (Lipinski definition) is 4. The number of benzene rings is 2. The molecule has 1 heterocycles. The Morgan fingerprint density at radius 2 is 1.90 bits per heavy atom. The lowest BCUT2D eigenvalue weighted by molar-refractivity contribution is 0.595. The van der Waals surface area contributed by atoms with Crippen molar-refractivity contribution < 1.29 is 8.42 Å². The second-order valence-electron chi connectivity index (χ2n) is 4.90. The molecule has 0 bridgehead atoms. The van der Waals surface area contributed by atoms with Crippen LogP contribution in [0.25, 0.3) is 0 Å². The minimum absolute atomic E-state index is 0.271. The summed E-state index contributed by atoms with van der Waals surface area (Å²) in [6.07, 6.45) is 0. The molecule has 0 amide bonds. The van der Waals surface area contributed by atoms with E-state index in [0.29, 0.717) is 23.6 Å². The maximum atomic E-state index is 12.0. The van der Waals surface area contributed by atoms with Crippen LogP contribution in [-0.2, 0) is 16.6 Å². The smallest absolute Gasteiger partial charge is 0.263 e. The monoisotopic (exact) mass is 301 g/mol. The van der Waals surface area contributed by atoms with Gasteiger partial charge in [-0.3, -0.25) is 9.71 Å². The lowest BCUT2D eigenvalue weighted by atomic mass is 10.1. The minimum atomic E-state index is -3.48. The molecule has 1 aliphatic rings. The molecule has 0 spiro atoms. The lowest BCUT2D eigenvalue weighted by Crippen LogP contribution is -2.22. The molecule has 0 atom stereocenters. The van der Waals surface area contributed by atoms with Crippen LogP contribution in [0.1, 0.15) is 16.7 Å². The van der Waals surface area contributed by atoms with E-state index >= 15 is 0 Å². The van der Waals surface area contributed by atoms with E-state index < -0.39 is 10.0 Å². The highest BCUT2D eigenvalue weighted by molar-refractivity contribution is 7.90. The van der Waals surface area contributed by atoms with Crippen molar-refractivity contribution in [2.45, 2.75) is 18.4 Å². The zero-order chi connectivity index (χ0) is 15.0. The van der Waals surface area contributed by atoms with E-state index in [2.05, 4.69) is 9.71 Å². The number of rotatable bonds is 2. The summed E-state index contributed by atoms with van der Waals surface area (Å²) in [5.74, 6) is 0.382. The summed E-state index contributed by atoms with van der Waals surface area (Å²) in [4.78, 5) is 4.67. The first-order valence-corrected chi connectivity index (χ1v) is 7.98. The fourth-order valence-corrected chi connectivity index (χ4v) is 3.54. The van der Waals surface area contributed by atoms with Gasteiger partial charge in [0.05, 0.1) is 11.4 Å². The predicted molar refractivity (Wildman–Crippen MR) is 82.6 cm³/mol. The number of nitrogens with zero attached hydrogens (tertiary/aromatic N) is 1. The molecule has 0 unspecified atom stereocenters. The van der Waals surface area contributed by atoms with Gasteiger partial charge >= 0.3 is 0 Å². The zero-order valence-electron chi connectivity index (χ0n) is 11.5. The molecule has 3 N–H and O–H groups in total. The van der Waals surface area contributed by atoms with Gasteiger partial charge in [0.1, 0.15) is 5.84 Å². The van der Waals surface area contributed by atoms with Crippen LogP contribution in [0.15, 0.2) is 52.4 Å². The van der Waals surface area contributed by atoms with Crippen LogP contribution >= 0.6 is 0 Å². The molecule has 0 aliphatic carbocycles. The summed E-state index contributed by atoms with van der Waals surface area (Å²) >= 11 is 0. The SMILES string of the molecule is Cc1c(N)cccc1CN=C1NS(=O)(=O)c2ccccc21. The van der Waals surface area contributed by atoms with Crippen molar-refractivity contribution in [1.82, 2.24) is 4.72 Å². The fraction of sp³-hybridized carbons (Fsp3) is 0.133. The molecule has 2 aromatic rings. The van der Waals surface area contributed by atoms with Gasteiger partial charge in [0.2, 0.25) is 0 Å². The third kappa shape index (κ3) is 2.38. The van der Waals surface area contributed by atoms with Crippen molar-refractivity contribution in [3.05, 3.63) is 59.2 Å². The Bertz CT molecular complexity index is 842. The standard InChI is InChI=1S/C15H15N3O2S/c1-10-11(5-4-7-13(10)16)9-17-15-12-6-2-3-8-14(12)21(19,20)18-15/h2-8H,9,16H2,1H3,(H,17,18). The lowest BCUT2D eigenvalue weighted by Gasteiger charge is -2.06. The molecular weight excluding hydrogens is 286 g/mol. The van der Waals surface area contributed by atoms with Gasteiger partial charge in [-0.05, 0) is 36.2 Å². The Morgan fingerprint density at radius 1 is 1.14 bits per heavy atom. The molecule has 1 aliphatic heterocycles. The number of amidine groups is 1. The third-order valence-corrected chi connectivity index (χ3v) is 4.96. The molecule has 2 aromatic carbocycles. The summed E-state index contributed by atoms with van der Waals surface area (Å²) in [7, 11) is -3.48. The van der Waals surface area contributed by atoms with E-state index in [1.807, 2.05) is 25.1 Å². The van der Waals surface area contributed by atoms with Gasteiger partial charge in [0.25, 0.3) is 10.0 Å². The topological polar surface area (TPSA) is 84.5 Å². The molecule has 3 rings (SSSR count). The van der Waals surface area contributed by atoms with Crippen molar-refractivity contribution in [3.63, 3.8) is 0 Å². The first-order valence-electron chi connectivity index (χ1n) is 6.50. The van der Waals surface area contributed by atoms with Crippen molar-refractivity contribution in [2.24, 2.45) is 4.99 Å². The van der Waals surface area contributed by atoms with E-state index in [-0.39, 0.29) is 4.90 Å². The fourth-order valence-electron chi connectivity index (χ4n) is 2.29. The number of fused-ring (bicyclic) bond motifs is 1. The van der Waals surface area contributed by atoms with Gasteiger partial charge in [-0.1, -0.05) is 24.3 Å². The van der Waals surface area contributed by atoms with Gasteiger partial charge in [0.15, 0.2) is 0 Å². The molecule has 0 saturated heterocycles. The van der Waals surface area contributed by atoms with Crippen LogP contribution in [0.5, 0.6) is 0 Å². The van der Waals surface area contributed by atoms with Gasteiger partial charge in [-0.25, -0.2) is 8.42 Å². The van der Waals surface area contributed by atoms with Gasteiger partial charge in [-0.15, -0.1) is 0 Å². The van der Waals surface area contributed by atoms with Gasteiger partial charge in [0, 0.05) is 11.3 Å². The molecule has 0 fully saturated rings. The van der Waals surface area contributed by atoms with E-state index in [4.69, 9.17) is 5.73 Å². The first-order chi connectivity index (χ1) is 9.99. The normalized spacial score (nSPS) is 17.5. The molecular formula is C15H15N3O2S. The Morgan fingerprint density at radius 3 is 2.71 bits per heavy atom. The maximum Gasteiger partial charge on any atom is 0.263 e. The number of anilines is 1. The highest BCUT2D eigenvalue weighted by Gasteiger charge is 2.29. The Balaban J connectivity index is 1.98. The average molecular weight is 301 g/mol. The van der Waals surface area contributed by atoms with E-state index in [1.165, 1.54) is 0 Å². The van der Waals surface area contributed by atoms with Crippen LogP contribution in [-0.4, -0.2) is 14.3 Å². The van der Waals surface area contributed by atoms with Crippen LogP contribution in [0.4, 0.5) is 5.69 Å². The van der Waals surface area contributed by atoms with E-state index in [0.717, 1.165) is 11.1 Å². The largest absolute Gasteiger partial charge is 0.399 e. The Hall–Kier alpha value is -2.34. The maximum absolute atomic E-state index is 12.0. The average Bonchev–Trinajstić information content (AvgIpc) is 2.73. The molecule has 5 nitrogen and oxygen atoms in total. The Labute approximate surface area is 123 Å². The molecule has 0 radical (unpaired) electrons. The molecule has 0 aromatic heterocycles. The number of sulfonamides is 1. The highest BCUT2D eigenvalue weighted by Crippen LogP contribution is 2.23. The Kier molecular flexibility index (Phi) is 3.17.